The van der Waals surface area contributed by atoms with Gasteiger partial charge >= 0.3 is 5.97 Å². The molecule has 27 heavy (non-hydrogen) atoms. The number of amides is 2. The van der Waals surface area contributed by atoms with Crippen molar-refractivity contribution in [1.82, 2.24) is 9.80 Å². The van der Waals surface area contributed by atoms with E-state index in [4.69, 9.17) is 9.15 Å². The van der Waals surface area contributed by atoms with Crippen LogP contribution in [-0.4, -0.2) is 52.3 Å². The predicted molar refractivity (Wildman–Crippen MR) is 97.4 cm³/mol. The molecule has 7 heteroatoms. The van der Waals surface area contributed by atoms with Crippen molar-refractivity contribution in [3.8, 4) is 0 Å². The molecule has 0 radical (unpaired) electrons. The molecule has 3 rings (SSSR count). The third kappa shape index (κ3) is 4.34. The first-order valence-electron chi connectivity index (χ1n) is 9.69. The number of rotatable bonds is 5. The Labute approximate surface area is 159 Å². The SMILES string of the molecule is C[C@H](OC(=O)[C@H]1CC(=O)N(Cc2ccco2)C1)C(=O)N1[C@H](C)CCC[C@@H]1C. The normalized spacial score (nSPS) is 26.9. The van der Waals surface area contributed by atoms with Crippen LogP contribution in [-0.2, 0) is 25.7 Å². The van der Waals surface area contributed by atoms with E-state index in [1.165, 1.54) is 0 Å². The molecule has 2 aliphatic heterocycles. The molecule has 3 heterocycles. The molecule has 0 unspecified atom stereocenters. The molecule has 2 saturated heterocycles. The van der Waals surface area contributed by atoms with Crippen LogP contribution in [0.5, 0.6) is 0 Å². The average molecular weight is 376 g/mol. The Morgan fingerprint density at radius 1 is 1.30 bits per heavy atom. The highest BCUT2D eigenvalue weighted by Crippen LogP contribution is 2.25. The highest BCUT2D eigenvalue weighted by atomic mass is 16.5. The fourth-order valence-electron chi connectivity index (χ4n) is 4.06. The van der Waals surface area contributed by atoms with Crippen LogP contribution in [0.3, 0.4) is 0 Å². The third-order valence-corrected chi connectivity index (χ3v) is 5.56. The molecular formula is C20H28N2O5. The monoisotopic (exact) mass is 376 g/mol. The highest BCUT2D eigenvalue weighted by molar-refractivity contribution is 5.89. The summed E-state index contributed by atoms with van der Waals surface area (Å²) in [5.41, 5.74) is 0. The van der Waals surface area contributed by atoms with Gasteiger partial charge in [0.05, 0.1) is 18.7 Å². The minimum absolute atomic E-state index is 0.106. The van der Waals surface area contributed by atoms with E-state index in [2.05, 4.69) is 0 Å². The summed E-state index contributed by atoms with van der Waals surface area (Å²) >= 11 is 0. The summed E-state index contributed by atoms with van der Waals surface area (Å²) in [7, 11) is 0. The Hall–Kier alpha value is -2.31. The second kappa shape index (κ2) is 8.15. The minimum atomic E-state index is -0.838. The van der Waals surface area contributed by atoms with Gasteiger partial charge in [-0.3, -0.25) is 14.4 Å². The van der Waals surface area contributed by atoms with Crippen molar-refractivity contribution >= 4 is 17.8 Å². The van der Waals surface area contributed by atoms with Gasteiger partial charge in [0.2, 0.25) is 5.91 Å². The van der Waals surface area contributed by atoms with E-state index in [1.807, 2.05) is 18.7 Å². The Balaban J connectivity index is 1.55. The zero-order chi connectivity index (χ0) is 19.6. The van der Waals surface area contributed by atoms with Gasteiger partial charge in [-0.25, -0.2) is 0 Å². The van der Waals surface area contributed by atoms with E-state index in [9.17, 15) is 14.4 Å². The van der Waals surface area contributed by atoms with Crippen LogP contribution in [0, 0.1) is 5.92 Å². The molecule has 7 nitrogen and oxygen atoms in total. The molecule has 0 saturated carbocycles. The lowest BCUT2D eigenvalue weighted by molar-refractivity contribution is -0.165. The van der Waals surface area contributed by atoms with Crippen molar-refractivity contribution in [2.75, 3.05) is 6.54 Å². The lowest BCUT2D eigenvalue weighted by Gasteiger charge is -2.40. The molecule has 4 atom stereocenters. The largest absolute Gasteiger partial charge is 0.467 e. The summed E-state index contributed by atoms with van der Waals surface area (Å²) in [5, 5.41) is 0. The molecule has 0 N–H and O–H groups in total. The van der Waals surface area contributed by atoms with E-state index in [1.54, 1.807) is 30.2 Å². The number of ether oxygens (including phenoxy) is 1. The van der Waals surface area contributed by atoms with Crippen molar-refractivity contribution in [3.05, 3.63) is 24.2 Å². The molecule has 0 aromatic carbocycles. The smallest absolute Gasteiger partial charge is 0.312 e. The highest BCUT2D eigenvalue weighted by Gasteiger charge is 2.38. The van der Waals surface area contributed by atoms with E-state index < -0.39 is 18.0 Å². The first-order valence-corrected chi connectivity index (χ1v) is 9.69. The Morgan fingerprint density at radius 2 is 2.00 bits per heavy atom. The van der Waals surface area contributed by atoms with Crippen molar-refractivity contribution < 1.29 is 23.5 Å². The topological polar surface area (TPSA) is 80.1 Å². The van der Waals surface area contributed by atoms with Gasteiger partial charge in [-0.1, -0.05) is 0 Å². The summed E-state index contributed by atoms with van der Waals surface area (Å²) in [5.74, 6) is -0.609. The molecule has 1 aromatic heterocycles. The quantitative estimate of drug-likeness (QED) is 0.737. The van der Waals surface area contributed by atoms with Gasteiger partial charge in [-0.15, -0.1) is 0 Å². The van der Waals surface area contributed by atoms with Crippen molar-refractivity contribution in [2.45, 2.75) is 71.2 Å². The first kappa shape index (κ1) is 19.5. The van der Waals surface area contributed by atoms with Crippen LogP contribution >= 0.6 is 0 Å². The number of hydrogen-bond acceptors (Lipinski definition) is 5. The standard InChI is InChI=1S/C20H28N2O5/c1-13-6-4-7-14(2)22(13)19(24)15(3)27-20(25)16-10-18(23)21(11-16)12-17-8-5-9-26-17/h5,8-9,13-16H,4,6-7,10-12H2,1-3H3/t13-,14+,15-,16-/m0/s1. The molecule has 148 valence electrons. The van der Waals surface area contributed by atoms with Crippen LogP contribution < -0.4 is 0 Å². The number of carbonyl (C=O) groups is 3. The number of carbonyl (C=O) groups excluding carboxylic acids is 3. The number of piperidine rings is 1. The van der Waals surface area contributed by atoms with Crippen molar-refractivity contribution in [3.63, 3.8) is 0 Å². The molecule has 0 spiro atoms. The van der Waals surface area contributed by atoms with Gasteiger partial charge in [0, 0.05) is 25.0 Å². The lowest BCUT2D eigenvalue weighted by atomic mass is 9.97. The van der Waals surface area contributed by atoms with Crippen molar-refractivity contribution in [2.24, 2.45) is 5.92 Å². The number of likely N-dealkylation sites (tertiary alicyclic amines) is 2. The van der Waals surface area contributed by atoms with Crippen LogP contribution in [0.4, 0.5) is 0 Å². The van der Waals surface area contributed by atoms with Gasteiger partial charge in [0.1, 0.15) is 5.76 Å². The number of nitrogens with zero attached hydrogens (tertiary/aromatic N) is 2. The van der Waals surface area contributed by atoms with Gasteiger partial charge in [0.15, 0.2) is 6.10 Å². The van der Waals surface area contributed by atoms with Crippen LogP contribution in [0.25, 0.3) is 0 Å². The summed E-state index contributed by atoms with van der Waals surface area (Å²) < 4.78 is 10.7. The number of hydrogen-bond donors (Lipinski definition) is 0. The molecule has 0 bridgehead atoms. The fourth-order valence-corrected chi connectivity index (χ4v) is 4.06. The van der Waals surface area contributed by atoms with Gasteiger partial charge in [-0.2, -0.15) is 0 Å². The summed E-state index contributed by atoms with van der Waals surface area (Å²) in [6.45, 7) is 6.31. The zero-order valence-corrected chi connectivity index (χ0v) is 16.2. The average Bonchev–Trinajstić information content (AvgIpc) is 3.25. The second-order valence-corrected chi connectivity index (χ2v) is 7.71. The summed E-state index contributed by atoms with van der Waals surface area (Å²) in [6.07, 6.45) is 3.87. The number of esters is 1. The first-order chi connectivity index (χ1) is 12.9. The summed E-state index contributed by atoms with van der Waals surface area (Å²) in [6, 6.07) is 3.86. The maximum atomic E-state index is 12.8. The Bertz CT molecular complexity index is 677. The van der Waals surface area contributed by atoms with Crippen LogP contribution in [0.1, 0.15) is 52.2 Å². The number of furan rings is 1. The maximum absolute atomic E-state index is 12.8. The lowest BCUT2D eigenvalue weighted by Crippen LogP contribution is -2.51. The van der Waals surface area contributed by atoms with Gasteiger partial charge in [-0.05, 0) is 52.2 Å². The van der Waals surface area contributed by atoms with Crippen LogP contribution in [0.2, 0.25) is 0 Å². The van der Waals surface area contributed by atoms with E-state index >= 15 is 0 Å². The predicted octanol–water partition coefficient (Wildman–Crippen LogP) is 2.35. The summed E-state index contributed by atoms with van der Waals surface area (Å²) in [4.78, 5) is 40.9. The van der Waals surface area contributed by atoms with Gasteiger partial charge < -0.3 is 19.0 Å². The van der Waals surface area contributed by atoms with E-state index in [0.29, 0.717) is 12.3 Å². The van der Waals surface area contributed by atoms with Crippen LogP contribution in [0.15, 0.2) is 22.8 Å². The molecular weight excluding hydrogens is 348 g/mol. The van der Waals surface area contributed by atoms with Crippen molar-refractivity contribution in [1.29, 1.82) is 0 Å². The van der Waals surface area contributed by atoms with E-state index in [-0.39, 0.29) is 36.9 Å². The molecule has 2 aliphatic rings. The van der Waals surface area contributed by atoms with Gasteiger partial charge in [0.25, 0.3) is 5.91 Å². The fraction of sp³-hybridized carbons (Fsp3) is 0.650. The zero-order valence-electron chi connectivity index (χ0n) is 16.2. The molecule has 1 aromatic rings. The third-order valence-electron chi connectivity index (χ3n) is 5.56. The minimum Gasteiger partial charge on any atom is -0.467 e. The maximum Gasteiger partial charge on any atom is 0.312 e. The molecule has 2 fully saturated rings. The van der Waals surface area contributed by atoms with E-state index in [0.717, 1.165) is 19.3 Å². The second-order valence-electron chi connectivity index (χ2n) is 7.71. The Morgan fingerprint density at radius 3 is 2.63 bits per heavy atom. The molecule has 2 amide bonds. The molecule has 0 aliphatic carbocycles. The Kier molecular flexibility index (Phi) is 5.87.